The van der Waals surface area contributed by atoms with Gasteiger partial charge < -0.3 is 4.84 Å². The van der Waals surface area contributed by atoms with E-state index in [-0.39, 0.29) is 19.1 Å². The van der Waals surface area contributed by atoms with E-state index in [0.717, 1.165) is 6.26 Å². The van der Waals surface area contributed by atoms with Crippen molar-refractivity contribution in [2.75, 3.05) is 19.3 Å². The topological polar surface area (TPSA) is 72.9 Å². The summed E-state index contributed by atoms with van der Waals surface area (Å²) in [6.07, 6.45) is 0.583. The fourth-order valence-corrected chi connectivity index (χ4v) is 1.65. The number of carbonyl (C=O) groups is 1. The SMILES string of the molecule is CC(C)(C)C(=O)ON1CC(OS(C)(=O)=O)C1. The van der Waals surface area contributed by atoms with Crippen LogP contribution in [0.1, 0.15) is 20.8 Å². The van der Waals surface area contributed by atoms with E-state index in [1.807, 2.05) is 0 Å². The van der Waals surface area contributed by atoms with Crippen molar-refractivity contribution in [1.82, 2.24) is 5.06 Å². The Morgan fingerprint density at radius 2 is 1.81 bits per heavy atom. The maximum atomic E-state index is 11.4. The molecule has 0 unspecified atom stereocenters. The average Bonchev–Trinajstić information content (AvgIpc) is 1.95. The molecule has 0 saturated carbocycles. The van der Waals surface area contributed by atoms with Crippen molar-refractivity contribution in [2.24, 2.45) is 5.41 Å². The molecule has 1 aliphatic heterocycles. The Hall–Kier alpha value is -0.660. The van der Waals surface area contributed by atoms with Crippen LogP contribution in [0.3, 0.4) is 0 Å². The van der Waals surface area contributed by atoms with Crippen molar-refractivity contribution in [3.8, 4) is 0 Å². The average molecular weight is 251 g/mol. The molecule has 0 aromatic carbocycles. The Kier molecular flexibility index (Phi) is 3.61. The molecule has 0 spiro atoms. The molecule has 0 N–H and O–H groups in total. The van der Waals surface area contributed by atoms with Crippen molar-refractivity contribution in [3.05, 3.63) is 0 Å². The lowest BCUT2D eigenvalue weighted by Crippen LogP contribution is -2.54. The number of hydrogen-bond donors (Lipinski definition) is 0. The molecule has 0 atom stereocenters. The number of rotatable bonds is 3. The lowest BCUT2D eigenvalue weighted by molar-refractivity contribution is -0.233. The standard InChI is InChI=1S/C9H17NO5S/c1-9(2,3)8(11)14-10-5-7(6-10)15-16(4,12)13/h7H,5-6H2,1-4H3. The number of hydroxylamine groups is 2. The fourth-order valence-electron chi connectivity index (χ4n) is 1.04. The highest BCUT2D eigenvalue weighted by molar-refractivity contribution is 7.86. The summed E-state index contributed by atoms with van der Waals surface area (Å²) in [5.41, 5.74) is -0.567. The molecule has 1 rings (SSSR count). The molecule has 1 heterocycles. The number of carbonyl (C=O) groups excluding carboxylic acids is 1. The molecule has 0 aromatic rings. The van der Waals surface area contributed by atoms with Gasteiger partial charge in [-0.1, -0.05) is 0 Å². The van der Waals surface area contributed by atoms with E-state index in [0.29, 0.717) is 0 Å². The van der Waals surface area contributed by atoms with Gasteiger partial charge in [0.05, 0.1) is 24.8 Å². The van der Waals surface area contributed by atoms with E-state index < -0.39 is 21.6 Å². The van der Waals surface area contributed by atoms with E-state index in [4.69, 9.17) is 9.02 Å². The maximum Gasteiger partial charge on any atom is 0.330 e. The second kappa shape index (κ2) is 4.31. The first-order valence-electron chi connectivity index (χ1n) is 4.93. The van der Waals surface area contributed by atoms with Crippen LogP contribution in [-0.4, -0.2) is 44.9 Å². The Balaban J connectivity index is 2.30. The summed E-state index contributed by atoms with van der Waals surface area (Å²) in [4.78, 5) is 16.5. The molecule has 1 saturated heterocycles. The third-order valence-electron chi connectivity index (χ3n) is 1.95. The Labute approximate surface area is 95.6 Å². The fraction of sp³-hybridized carbons (Fsp3) is 0.889. The third-order valence-corrected chi connectivity index (χ3v) is 2.57. The number of hydrogen-bond acceptors (Lipinski definition) is 6. The zero-order valence-electron chi connectivity index (χ0n) is 9.89. The van der Waals surface area contributed by atoms with Gasteiger partial charge in [-0.25, -0.2) is 4.79 Å². The molecule has 1 aliphatic rings. The lowest BCUT2D eigenvalue weighted by atomic mass is 9.98. The van der Waals surface area contributed by atoms with Crippen LogP contribution in [0.4, 0.5) is 0 Å². The van der Waals surface area contributed by atoms with Gasteiger partial charge in [-0.3, -0.25) is 4.18 Å². The summed E-state index contributed by atoms with van der Waals surface area (Å²) >= 11 is 0. The van der Waals surface area contributed by atoms with Gasteiger partial charge in [-0.15, -0.1) is 5.06 Å². The summed E-state index contributed by atoms with van der Waals surface area (Å²) in [5.74, 6) is -0.342. The van der Waals surface area contributed by atoms with Gasteiger partial charge in [-0.2, -0.15) is 8.42 Å². The number of nitrogens with zero attached hydrogens (tertiary/aromatic N) is 1. The van der Waals surface area contributed by atoms with E-state index in [2.05, 4.69) is 0 Å². The third kappa shape index (κ3) is 4.07. The van der Waals surface area contributed by atoms with E-state index >= 15 is 0 Å². The molecule has 6 nitrogen and oxygen atoms in total. The molecule has 0 bridgehead atoms. The van der Waals surface area contributed by atoms with Gasteiger partial charge >= 0.3 is 5.97 Å². The Morgan fingerprint density at radius 1 is 1.31 bits per heavy atom. The predicted octanol–water partition coefficient (Wildman–Crippen LogP) is 0.151. The zero-order valence-corrected chi connectivity index (χ0v) is 10.7. The first kappa shape index (κ1) is 13.4. The van der Waals surface area contributed by atoms with Crippen LogP contribution in [0.2, 0.25) is 0 Å². The highest BCUT2D eigenvalue weighted by atomic mass is 32.2. The van der Waals surface area contributed by atoms with Crippen LogP contribution < -0.4 is 0 Å². The van der Waals surface area contributed by atoms with Crippen molar-refractivity contribution < 1.29 is 22.2 Å². The van der Waals surface area contributed by atoms with Gasteiger partial charge in [0.25, 0.3) is 10.1 Å². The normalized spacial score (nSPS) is 19.2. The molecule has 94 valence electrons. The zero-order chi connectivity index (χ0) is 12.6. The van der Waals surface area contributed by atoms with Gasteiger partial charge in [-0.05, 0) is 20.8 Å². The van der Waals surface area contributed by atoms with E-state index in [1.54, 1.807) is 20.8 Å². The molecule has 0 amide bonds. The Morgan fingerprint density at radius 3 is 2.19 bits per heavy atom. The molecule has 0 aliphatic carbocycles. The lowest BCUT2D eigenvalue weighted by Gasteiger charge is -2.37. The summed E-state index contributed by atoms with van der Waals surface area (Å²) in [6, 6.07) is 0. The van der Waals surface area contributed by atoms with Gasteiger partial charge in [0.2, 0.25) is 0 Å². The van der Waals surface area contributed by atoms with Crippen LogP contribution in [0.5, 0.6) is 0 Å². The summed E-state index contributed by atoms with van der Waals surface area (Å²) in [6.45, 7) is 5.82. The van der Waals surface area contributed by atoms with Gasteiger partial charge in [0.1, 0.15) is 6.10 Å². The van der Waals surface area contributed by atoms with Crippen LogP contribution >= 0.6 is 0 Å². The smallest absolute Gasteiger partial charge is 0.330 e. The minimum Gasteiger partial charge on any atom is -0.367 e. The van der Waals surface area contributed by atoms with Gasteiger partial charge in [0, 0.05) is 0 Å². The maximum absolute atomic E-state index is 11.4. The molecule has 0 radical (unpaired) electrons. The van der Waals surface area contributed by atoms with E-state index in [1.165, 1.54) is 5.06 Å². The molecule has 0 aromatic heterocycles. The molecular formula is C9H17NO5S. The minimum atomic E-state index is -3.43. The molecular weight excluding hydrogens is 234 g/mol. The van der Waals surface area contributed by atoms with Gasteiger partial charge in [0.15, 0.2) is 0 Å². The largest absolute Gasteiger partial charge is 0.367 e. The summed E-state index contributed by atoms with van der Waals surface area (Å²) in [5, 5.41) is 1.39. The molecule has 7 heteroatoms. The van der Waals surface area contributed by atoms with Crippen LogP contribution in [-0.2, 0) is 23.9 Å². The van der Waals surface area contributed by atoms with Crippen molar-refractivity contribution in [1.29, 1.82) is 0 Å². The van der Waals surface area contributed by atoms with Crippen LogP contribution in [0, 0.1) is 5.41 Å². The predicted molar refractivity (Wildman–Crippen MR) is 56.8 cm³/mol. The second-order valence-corrected chi connectivity index (χ2v) is 6.50. The summed E-state index contributed by atoms with van der Waals surface area (Å²) < 4.78 is 26.3. The van der Waals surface area contributed by atoms with Crippen molar-refractivity contribution in [2.45, 2.75) is 26.9 Å². The van der Waals surface area contributed by atoms with Crippen LogP contribution in [0.25, 0.3) is 0 Å². The highest BCUT2D eigenvalue weighted by Gasteiger charge is 2.35. The Bertz CT molecular complexity index is 364. The van der Waals surface area contributed by atoms with Crippen molar-refractivity contribution in [3.63, 3.8) is 0 Å². The molecule has 16 heavy (non-hydrogen) atoms. The van der Waals surface area contributed by atoms with Crippen LogP contribution in [0.15, 0.2) is 0 Å². The summed E-state index contributed by atoms with van der Waals surface area (Å²) in [7, 11) is -3.43. The van der Waals surface area contributed by atoms with E-state index in [9.17, 15) is 13.2 Å². The minimum absolute atomic E-state index is 0.287. The van der Waals surface area contributed by atoms with Crippen molar-refractivity contribution >= 4 is 16.1 Å². The quantitative estimate of drug-likeness (QED) is 0.665. The second-order valence-electron chi connectivity index (χ2n) is 4.90. The first-order chi connectivity index (χ1) is 7.08. The monoisotopic (exact) mass is 251 g/mol. The highest BCUT2D eigenvalue weighted by Crippen LogP contribution is 2.20. The first-order valence-corrected chi connectivity index (χ1v) is 6.75. The molecule has 1 fully saturated rings.